The second-order valence-electron chi connectivity index (χ2n) is 3.60. The summed E-state index contributed by atoms with van der Waals surface area (Å²) in [5.41, 5.74) is 1.56. The summed E-state index contributed by atoms with van der Waals surface area (Å²) in [7, 11) is 1.61. The Hall–Kier alpha value is -0.980. The Balaban J connectivity index is 2.52. The lowest BCUT2D eigenvalue weighted by molar-refractivity contribution is 0.181. The van der Waals surface area contributed by atoms with E-state index in [2.05, 4.69) is 30.9 Å². The molecule has 0 aliphatic rings. The number of methoxy groups -OCH3 is 1. The van der Waals surface area contributed by atoms with Crippen molar-refractivity contribution in [2.75, 3.05) is 7.11 Å². The zero-order valence-electron chi connectivity index (χ0n) is 10.0. The molecule has 0 N–H and O–H groups in total. The van der Waals surface area contributed by atoms with Gasteiger partial charge in [0.2, 0.25) is 0 Å². The van der Waals surface area contributed by atoms with Crippen LogP contribution in [0, 0.1) is 0 Å². The molecule has 0 aliphatic carbocycles. The minimum Gasteiger partial charge on any atom is -0.378 e. The highest BCUT2D eigenvalue weighted by Gasteiger charge is 2.14. The summed E-state index contributed by atoms with van der Waals surface area (Å²) in [5.74, 6) is 0.551. The molecule has 0 amide bonds. The average Bonchev–Trinajstić information content (AvgIpc) is 2.83. The average molecular weight is 332 g/mol. The Morgan fingerprint density at radius 1 is 1.44 bits per heavy atom. The summed E-state index contributed by atoms with van der Waals surface area (Å²) in [5, 5.41) is 0.371. The van der Waals surface area contributed by atoms with Crippen molar-refractivity contribution in [1.29, 1.82) is 0 Å². The van der Waals surface area contributed by atoms with Crippen LogP contribution >= 0.6 is 27.5 Å². The second kappa shape index (κ2) is 5.77. The largest absolute Gasteiger partial charge is 0.378 e. The zero-order chi connectivity index (χ0) is 13.1. The lowest BCUT2D eigenvalue weighted by Crippen LogP contribution is -2.03. The van der Waals surface area contributed by atoms with Gasteiger partial charge in [-0.2, -0.15) is 0 Å². The maximum absolute atomic E-state index is 6.08. The molecule has 7 heteroatoms. The van der Waals surface area contributed by atoms with E-state index in [0.29, 0.717) is 22.1 Å². The Morgan fingerprint density at radius 3 is 2.89 bits per heavy atom. The molecule has 0 unspecified atom stereocenters. The molecule has 0 fully saturated rings. The lowest BCUT2D eigenvalue weighted by Gasteiger charge is -2.08. The normalized spacial score (nSPS) is 10.9. The molecule has 5 nitrogen and oxygen atoms in total. The maximum Gasteiger partial charge on any atom is 0.179 e. The van der Waals surface area contributed by atoms with Crippen molar-refractivity contribution in [1.82, 2.24) is 19.5 Å². The van der Waals surface area contributed by atoms with E-state index < -0.39 is 0 Å². The van der Waals surface area contributed by atoms with Crippen LogP contribution in [0.4, 0.5) is 0 Å². The van der Waals surface area contributed by atoms with E-state index in [1.54, 1.807) is 19.6 Å². The third-order valence-corrected chi connectivity index (χ3v) is 3.78. The number of rotatable bonds is 4. The van der Waals surface area contributed by atoms with E-state index in [1.807, 2.05) is 11.5 Å². The van der Waals surface area contributed by atoms with Crippen LogP contribution in [-0.2, 0) is 17.9 Å². The van der Waals surface area contributed by atoms with E-state index >= 15 is 0 Å². The standard InChI is InChI=1S/C11H12BrClN4O/c1-3-17-6-14-4-8(17)11-15-7(5-18-2)9(12)10(13)16-11/h4,6H,3,5H2,1-2H3. The molecule has 0 aliphatic heterocycles. The summed E-state index contributed by atoms with van der Waals surface area (Å²) in [4.78, 5) is 12.8. The van der Waals surface area contributed by atoms with Crippen LogP contribution in [0.1, 0.15) is 12.6 Å². The fourth-order valence-electron chi connectivity index (χ4n) is 1.57. The smallest absolute Gasteiger partial charge is 0.179 e. The molecule has 2 aromatic heterocycles. The number of hydrogen-bond donors (Lipinski definition) is 0. The summed E-state index contributed by atoms with van der Waals surface area (Å²) < 4.78 is 7.71. The van der Waals surface area contributed by atoms with E-state index in [-0.39, 0.29) is 0 Å². The molecule has 0 bridgehead atoms. The van der Waals surface area contributed by atoms with Gasteiger partial charge in [0.25, 0.3) is 0 Å². The van der Waals surface area contributed by atoms with Crippen LogP contribution < -0.4 is 0 Å². The Morgan fingerprint density at radius 2 is 2.22 bits per heavy atom. The van der Waals surface area contributed by atoms with Crippen molar-refractivity contribution in [3.8, 4) is 11.5 Å². The number of hydrogen-bond acceptors (Lipinski definition) is 4. The molecule has 0 radical (unpaired) electrons. The van der Waals surface area contributed by atoms with Crippen molar-refractivity contribution in [3.05, 3.63) is 27.8 Å². The molecule has 96 valence electrons. The van der Waals surface area contributed by atoms with Gasteiger partial charge in [-0.1, -0.05) is 11.6 Å². The molecule has 0 saturated heterocycles. The third kappa shape index (κ3) is 2.55. The summed E-state index contributed by atoms with van der Waals surface area (Å²) in [6.45, 7) is 3.20. The van der Waals surface area contributed by atoms with Gasteiger partial charge in [-0.15, -0.1) is 0 Å². The predicted octanol–water partition coefficient (Wildman–Crippen LogP) is 2.92. The minimum absolute atomic E-state index is 0.371. The highest BCUT2D eigenvalue weighted by Crippen LogP contribution is 2.27. The molecule has 2 rings (SSSR count). The number of aryl methyl sites for hydroxylation is 1. The van der Waals surface area contributed by atoms with Gasteiger partial charge in [0.15, 0.2) is 5.82 Å². The van der Waals surface area contributed by atoms with Crippen LogP contribution in [0.25, 0.3) is 11.5 Å². The second-order valence-corrected chi connectivity index (χ2v) is 4.75. The van der Waals surface area contributed by atoms with Gasteiger partial charge >= 0.3 is 0 Å². The van der Waals surface area contributed by atoms with Gasteiger partial charge in [-0.05, 0) is 22.9 Å². The highest BCUT2D eigenvalue weighted by molar-refractivity contribution is 9.10. The van der Waals surface area contributed by atoms with Gasteiger partial charge in [-0.25, -0.2) is 15.0 Å². The van der Waals surface area contributed by atoms with Gasteiger partial charge in [0.05, 0.1) is 29.3 Å². The molecular weight excluding hydrogens is 320 g/mol. The Bertz CT molecular complexity index is 558. The van der Waals surface area contributed by atoms with Gasteiger partial charge in [0, 0.05) is 13.7 Å². The van der Waals surface area contributed by atoms with Crippen molar-refractivity contribution >= 4 is 27.5 Å². The van der Waals surface area contributed by atoms with Crippen molar-refractivity contribution in [3.63, 3.8) is 0 Å². The third-order valence-electron chi connectivity index (χ3n) is 2.44. The first-order chi connectivity index (χ1) is 8.67. The Kier molecular flexibility index (Phi) is 4.31. The molecule has 0 aromatic carbocycles. The summed E-state index contributed by atoms with van der Waals surface area (Å²) in [6, 6.07) is 0. The molecular formula is C11H12BrClN4O. The molecule has 2 heterocycles. The van der Waals surface area contributed by atoms with Crippen LogP contribution in [-0.4, -0.2) is 26.6 Å². The highest BCUT2D eigenvalue weighted by atomic mass is 79.9. The van der Waals surface area contributed by atoms with E-state index in [1.165, 1.54) is 0 Å². The SMILES string of the molecule is CCn1cncc1-c1nc(Cl)c(Br)c(COC)n1. The quantitative estimate of drug-likeness (QED) is 0.808. The van der Waals surface area contributed by atoms with E-state index in [0.717, 1.165) is 17.9 Å². The number of nitrogens with zero attached hydrogens (tertiary/aromatic N) is 4. The Labute approximate surface area is 118 Å². The molecule has 2 aromatic rings. The van der Waals surface area contributed by atoms with Crippen LogP contribution in [0.15, 0.2) is 17.0 Å². The van der Waals surface area contributed by atoms with E-state index in [9.17, 15) is 0 Å². The number of halogens is 2. The van der Waals surface area contributed by atoms with Crippen LogP contribution in [0.2, 0.25) is 5.15 Å². The van der Waals surface area contributed by atoms with Crippen molar-refractivity contribution in [2.45, 2.75) is 20.1 Å². The first-order valence-corrected chi connectivity index (χ1v) is 6.55. The maximum atomic E-state index is 6.08. The van der Waals surface area contributed by atoms with Gasteiger partial charge < -0.3 is 9.30 Å². The summed E-state index contributed by atoms with van der Waals surface area (Å²) >= 11 is 9.44. The van der Waals surface area contributed by atoms with Crippen molar-refractivity contribution in [2.24, 2.45) is 0 Å². The number of imidazole rings is 1. The fraction of sp³-hybridized carbons (Fsp3) is 0.364. The lowest BCUT2D eigenvalue weighted by atomic mass is 10.3. The number of aromatic nitrogens is 4. The van der Waals surface area contributed by atoms with Gasteiger partial charge in [-0.3, -0.25) is 0 Å². The molecule has 0 atom stereocenters. The first-order valence-electron chi connectivity index (χ1n) is 5.38. The van der Waals surface area contributed by atoms with Crippen LogP contribution in [0.3, 0.4) is 0 Å². The topological polar surface area (TPSA) is 52.8 Å². The fourth-order valence-corrected chi connectivity index (χ4v) is 2.05. The van der Waals surface area contributed by atoms with Gasteiger partial charge in [0.1, 0.15) is 10.8 Å². The molecule has 0 saturated carbocycles. The van der Waals surface area contributed by atoms with E-state index in [4.69, 9.17) is 16.3 Å². The van der Waals surface area contributed by atoms with Crippen molar-refractivity contribution < 1.29 is 4.74 Å². The first kappa shape index (κ1) is 13.5. The van der Waals surface area contributed by atoms with Crippen LogP contribution in [0.5, 0.6) is 0 Å². The number of ether oxygens (including phenoxy) is 1. The molecule has 0 spiro atoms. The molecule has 18 heavy (non-hydrogen) atoms. The monoisotopic (exact) mass is 330 g/mol. The predicted molar refractivity (Wildman–Crippen MR) is 72.4 cm³/mol. The zero-order valence-corrected chi connectivity index (χ0v) is 12.4. The summed E-state index contributed by atoms with van der Waals surface area (Å²) in [6.07, 6.45) is 3.46. The minimum atomic E-state index is 0.371.